The molecule has 1 unspecified atom stereocenters. The van der Waals surface area contributed by atoms with Crippen LogP contribution in [0.15, 0.2) is 24.3 Å². The zero-order chi connectivity index (χ0) is 19.0. The zero-order valence-corrected chi connectivity index (χ0v) is 14.1. The van der Waals surface area contributed by atoms with Crippen molar-refractivity contribution in [2.75, 3.05) is 13.1 Å². The van der Waals surface area contributed by atoms with Gasteiger partial charge in [-0.15, -0.1) is 0 Å². The van der Waals surface area contributed by atoms with Gasteiger partial charge in [0.15, 0.2) is 0 Å². The molecule has 0 aliphatic carbocycles. The van der Waals surface area contributed by atoms with Gasteiger partial charge in [-0.25, -0.2) is 4.79 Å². The van der Waals surface area contributed by atoms with Crippen LogP contribution in [-0.2, 0) is 20.8 Å². The van der Waals surface area contributed by atoms with Gasteiger partial charge in [-0.1, -0.05) is 12.1 Å². The number of carbonyl (C=O) groups is 3. The maximum absolute atomic E-state index is 12.4. The lowest BCUT2D eigenvalue weighted by Crippen LogP contribution is -2.46. The quantitative estimate of drug-likeness (QED) is 0.503. The Morgan fingerprint density at radius 1 is 1.36 bits per heavy atom. The van der Waals surface area contributed by atoms with Gasteiger partial charge in [-0.3, -0.25) is 19.7 Å². The molecule has 136 valence electrons. The standard InChI is InChI=1S/C16H21N3O6/c1-11(16(22)23)18(9-8-17-12(2)20)15(21)7-6-13-4-3-5-14(10-13)19(24)25/h3-5,10-11H,6-9H2,1-2H3,(H,17,20)(H,22,23). The molecule has 1 rings (SSSR count). The summed E-state index contributed by atoms with van der Waals surface area (Å²) in [5.74, 6) is -1.81. The van der Waals surface area contributed by atoms with Crippen molar-refractivity contribution in [2.45, 2.75) is 32.7 Å². The number of hydrogen-bond acceptors (Lipinski definition) is 5. The van der Waals surface area contributed by atoms with Crippen molar-refractivity contribution >= 4 is 23.5 Å². The van der Waals surface area contributed by atoms with Crippen LogP contribution in [0.4, 0.5) is 5.69 Å². The largest absolute Gasteiger partial charge is 0.480 e. The van der Waals surface area contributed by atoms with E-state index in [9.17, 15) is 24.5 Å². The molecule has 1 aromatic rings. The lowest BCUT2D eigenvalue weighted by Gasteiger charge is -2.26. The van der Waals surface area contributed by atoms with Crippen molar-refractivity contribution in [1.82, 2.24) is 10.2 Å². The molecule has 0 heterocycles. The van der Waals surface area contributed by atoms with Crippen molar-refractivity contribution in [3.05, 3.63) is 39.9 Å². The number of aryl methyl sites for hydroxylation is 1. The predicted octanol–water partition coefficient (Wildman–Crippen LogP) is 0.965. The summed E-state index contributed by atoms with van der Waals surface area (Å²) in [6.45, 7) is 2.94. The van der Waals surface area contributed by atoms with Crippen LogP contribution in [0.25, 0.3) is 0 Å². The first-order chi connectivity index (χ1) is 11.7. The minimum atomic E-state index is -1.15. The van der Waals surface area contributed by atoms with Gasteiger partial charge in [-0.2, -0.15) is 0 Å². The fraction of sp³-hybridized carbons (Fsp3) is 0.438. The number of nitro groups is 1. The van der Waals surface area contributed by atoms with Crippen LogP contribution in [0.3, 0.4) is 0 Å². The van der Waals surface area contributed by atoms with Crippen LogP contribution in [0.1, 0.15) is 25.8 Å². The van der Waals surface area contributed by atoms with E-state index in [1.807, 2.05) is 0 Å². The first-order valence-corrected chi connectivity index (χ1v) is 7.72. The van der Waals surface area contributed by atoms with E-state index in [-0.39, 0.29) is 37.5 Å². The van der Waals surface area contributed by atoms with Gasteiger partial charge in [0.25, 0.3) is 5.69 Å². The van der Waals surface area contributed by atoms with Gasteiger partial charge in [-0.05, 0) is 18.9 Å². The summed E-state index contributed by atoms with van der Waals surface area (Å²) in [4.78, 5) is 45.9. The lowest BCUT2D eigenvalue weighted by atomic mass is 10.1. The molecule has 0 aliphatic heterocycles. The van der Waals surface area contributed by atoms with E-state index in [2.05, 4.69) is 5.32 Å². The van der Waals surface area contributed by atoms with Crippen LogP contribution in [0, 0.1) is 10.1 Å². The van der Waals surface area contributed by atoms with Gasteiger partial charge in [0.2, 0.25) is 11.8 Å². The van der Waals surface area contributed by atoms with Gasteiger partial charge >= 0.3 is 5.97 Å². The van der Waals surface area contributed by atoms with E-state index in [0.29, 0.717) is 5.56 Å². The maximum Gasteiger partial charge on any atom is 0.326 e. The third-order valence-corrected chi connectivity index (χ3v) is 3.62. The molecular formula is C16H21N3O6. The van der Waals surface area contributed by atoms with Crippen LogP contribution in [-0.4, -0.2) is 51.8 Å². The number of nitrogens with one attached hydrogen (secondary N) is 1. The molecule has 0 aromatic heterocycles. The van der Waals surface area contributed by atoms with Crippen LogP contribution in [0.5, 0.6) is 0 Å². The second-order valence-corrected chi connectivity index (χ2v) is 5.51. The van der Waals surface area contributed by atoms with Crippen molar-refractivity contribution in [3.8, 4) is 0 Å². The minimum Gasteiger partial charge on any atom is -0.480 e. The summed E-state index contributed by atoms with van der Waals surface area (Å²) in [5, 5.41) is 22.4. The number of carboxylic acid groups (broad SMARTS) is 1. The molecule has 0 spiro atoms. The van der Waals surface area contributed by atoms with Crippen molar-refractivity contribution in [1.29, 1.82) is 0 Å². The topological polar surface area (TPSA) is 130 Å². The molecule has 0 aliphatic rings. The molecule has 0 bridgehead atoms. The molecule has 25 heavy (non-hydrogen) atoms. The third-order valence-electron chi connectivity index (χ3n) is 3.62. The second kappa shape index (κ2) is 9.36. The number of carbonyl (C=O) groups excluding carboxylic acids is 2. The van der Waals surface area contributed by atoms with E-state index < -0.39 is 22.8 Å². The number of nitrogens with zero attached hydrogens (tertiary/aromatic N) is 2. The number of amides is 2. The van der Waals surface area contributed by atoms with Gasteiger partial charge in [0.1, 0.15) is 6.04 Å². The number of rotatable bonds is 9. The number of nitro benzene ring substituents is 1. The molecule has 1 aromatic carbocycles. The smallest absolute Gasteiger partial charge is 0.326 e. The van der Waals surface area contributed by atoms with Gasteiger partial charge in [0, 0.05) is 38.6 Å². The van der Waals surface area contributed by atoms with Crippen molar-refractivity contribution in [2.24, 2.45) is 0 Å². The van der Waals surface area contributed by atoms with E-state index >= 15 is 0 Å². The van der Waals surface area contributed by atoms with E-state index in [0.717, 1.165) is 0 Å². The Bertz CT molecular complexity index is 661. The molecule has 0 radical (unpaired) electrons. The summed E-state index contributed by atoms with van der Waals surface area (Å²) in [6.07, 6.45) is 0.266. The van der Waals surface area contributed by atoms with Crippen LogP contribution < -0.4 is 5.32 Å². The Balaban J connectivity index is 2.73. The Hall–Kier alpha value is -2.97. The minimum absolute atomic E-state index is 0.0128. The second-order valence-electron chi connectivity index (χ2n) is 5.51. The molecule has 9 heteroatoms. The average molecular weight is 351 g/mol. The summed E-state index contributed by atoms with van der Waals surface area (Å²) < 4.78 is 0. The molecule has 2 N–H and O–H groups in total. The molecule has 1 atom stereocenters. The van der Waals surface area contributed by atoms with Crippen LogP contribution in [0.2, 0.25) is 0 Å². The van der Waals surface area contributed by atoms with Gasteiger partial charge < -0.3 is 15.3 Å². The fourth-order valence-electron chi connectivity index (χ4n) is 2.24. The van der Waals surface area contributed by atoms with E-state index in [1.54, 1.807) is 6.07 Å². The number of benzene rings is 1. The highest BCUT2D eigenvalue weighted by Gasteiger charge is 2.25. The first-order valence-electron chi connectivity index (χ1n) is 7.72. The monoisotopic (exact) mass is 351 g/mol. The highest BCUT2D eigenvalue weighted by atomic mass is 16.6. The highest BCUT2D eigenvalue weighted by Crippen LogP contribution is 2.15. The van der Waals surface area contributed by atoms with E-state index in [4.69, 9.17) is 5.11 Å². The van der Waals surface area contributed by atoms with E-state index in [1.165, 1.54) is 36.9 Å². The Labute approximate surface area is 144 Å². The van der Waals surface area contributed by atoms with Gasteiger partial charge in [0.05, 0.1) is 4.92 Å². The normalized spacial score (nSPS) is 11.4. The lowest BCUT2D eigenvalue weighted by molar-refractivity contribution is -0.384. The third kappa shape index (κ3) is 6.58. The molecule has 0 saturated heterocycles. The summed E-state index contributed by atoms with van der Waals surface area (Å²) in [6, 6.07) is 4.91. The number of hydrogen-bond donors (Lipinski definition) is 2. The molecule has 0 fully saturated rings. The summed E-state index contributed by atoms with van der Waals surface area (Å²) >= 11 is 0. The summed E-state index contributed by atoms with van der Waals surface area (Å²) in [7, 11) is 0. The number of aliphatic carboxylic acids is 1. The predicted molar refractivity (Wildman–Crippen MR) is 88.9 cm³/mol. The van der Waals surface area contributed by atoms with Crippen molar-refractivity contribution in [3.63, 3.8) is 0 Å². The zero-order valence-electron chi connectivity index (χ0n) is 14.1. The summed E-state index contributed by atoms with van der Waals surface area (Å²) in [5.41, 5.74) is 0.554. The Morgan fingerprint density at radius 3 is 2.60 bits per heavy atom. The average Bonchev–Trinajstić information content (AvgIpc) is 2.56. The van der Waals surface area contributed by atoms with Crippen molar-refractivity contribution < 1.29 is 24.4 Å². The Morgan fingerprint density at radius 2 is 2.04 bits per heavy atom. The molecular weight excluding hydrogens is 330 g/mol. The SMILES string of the molecule is CC(=O)NCCN(C(=O)CCc1cccc([N+](=O)[O-])c1)C(C)C(=O)O. The number of non-ortho nitro benzene ring substituents is 1. The maximum atomic E-state index is 12.4. The molecule has 9 nitrogen and oxygen atoms in total. The molecule has 2 amide bonds. The first kappa shape index (κ1) is 20.1. The highest BCUT2D eigenvalue weighted by molar-refractivity contribution is 5.83. The number of carboxylic acids is 1. The molecule has 0 saturated carbocycles. The fourth-order valence-corrected chi connectivity index (χ4v) is 2.24. The Kier molecular flexibility index (Phi) is 7.51. The van der Waals surface area contributed by atoms with Crippen LogP contribution >= 0.6 is 0 Å².